The fourth-order valence-corrected chi connectivity index (χ4v) is 3.05. The van der Waals surface area contributed by atoms with Crippen LogP contribution in [0.2, 0.25) is 0 Å². The first kappa shape index (κ1) is 14.4. The summed E-state index contributed by atoms with van der Waals surface area (Å²) < 4.78 is 16.9. The highest BCUT2D eigenvalue weighted by Gasteiger charge is 2.36. The molecule has 1 aliphatic heterocycles. The van der Waals surface area contributed by atoms with E-state index in [-0.39, 0.29) is 18.5 Å². The van der Waals surface area contributed by atoms with Crippen LogP contribution in [0.5, 0.6) is 11.5 Å². The van der Waals surface area contributed by atoms with Crippen molar-refractivity contribution in [2.45, 2.75) is 25.0 Å². The Balaban J connectivity index is 0.00000133. The molecule has 5 heteroatoms. The van der Waals surface area contributed by atoms with Gasteiger partial charge in [-0.3, -0.25) is 0 Å². The first-order valence-electron chi connectivity index (χ1n) is 6.44. The lowest BCUT2D eigenvalue weighted by atomic mass is 9.84. The Morgan fingerprint density at radius 2 is 1.95 bits per heavy atom. The molecule has 0 bridgehead atoms. The predicted molar refractivity (Wildman–Crippen MR) is 68.4 cm³/mol. The molecule has 1 fully saturated rings. The summed E-state index contributed by atoms with van der Waals surface area (Å²) >= 11 is 0. The molecule has 2 unspecified atom stereocenters. The molecule has 0 saturated carbocycles. The number of benzene rings is 1. The van der Waals surface area contributed by atoms with Crippen LogP contribution in [0.4, 0.5) is 0 Å². The third kappa shape index (κ3) is 2.40. The number of rotatable bonds is 2. The summed E-state index contributed by atoms with van der Waals surface area (Å²) in [5, 5.41) is 3.53. The Bertz CT molecular complexity index is 453. The summed E-state index contributed by atoms with van der Waals surface area (Å²) in [7, 11) is 3.43. The van der Waals surface area contributed by atoms with Crippen molar-refractivity contribution in [2.75, 3.05) is 27.4 Å². The monoisotopic (exact) mass is 284 g/mol. The number of hydrogen-bond donors (Lipinski definition) is 1. The number of methoxy groups -OCH3 is 2. The molecule has 106 valence electrons. The van der Waals surface area contributed by atoms with Crippen molar-refractivity contribution in [1.29, 1.82) is 0 Å². The molecule has 0 amide bonds. The summed E-state index contributed by atoms with van der Waals surface area (Å²) in [5.74, 6) is 1.85. The minimum Gasteiger partial charge on any atom is -1.00 e. The first-order valence-corrected chi connectivity index (χ1v) is 6.44. The fraction of sp³-hybridized carbons (Fsp3) is 0.571. The standard InChI is InChI=1S/C14H19NO3.ClH/c1-16-11-5-6-12(17-2)13-9(11)3-4-10-14(13)18-8-7-15-10;/h5-6,10,14-15H,3-4,7-8H2,1-2H3;1H/p-1. The van der Waals surface area contributed by atoms with Crippen molar-refractivity contribution in [1.82, 2.24) is 5.32 Å². The van der Waals surface area contributed by atoms with E-state index in [9.17, 15) is 0 Å². The summed E-state index contributed by atoms with van der Waals surface area (Å²) in [5.41, 5.74) is 2.40. The van der Waals surface area contributed by atoms with Crippen LogP contribution in [-0.2, 0) is 11.2 Å². The van der Waals surface area contributed by atoms with Gasteiger partial charge in [-0.15, -0.1) is 0 Å². The smallest absolute Gasteiger partial charge is 0.125 e. The van der Waals surface area contributed by atoms with E-state index in [0.717, 1.165) is 37.5 Å². The molecule has 2 aliphatic rings. The van der Waals surface area contributed by atoms with Crippen LogP contribution in [0.1, 0.15) is 23.7 Å². The lowest BCUT2D eigenvalue weighted by Crippen LogP contribution is -3.00. The van der Waals surface area contributed by atoms with Crippen LogP contribution in [0.25, 0.3) is 0 Å². The number of morpholine rings is 1. The molecule has 0 spiro atoms. The molecule has 4 nitrogen and oxygen atoms in total. The average molecular weight is 285 g/mol. The van der Waals surface area contributed by atoms with Gasteiger partial charge in [0.1, 0.15) is 17.6 Å². The molecule has 1 aliphatic carbocycles. The van der Waals surface area contributed by atoms with Gasteiger partial charge in [0.25, 0.3) is 0 Å². The lowest BCUT2D eigenvalue weighted by molar-refractivity contribution is -0.0142. The van der Waals surface area contributed by atoms with Crippen molar-refractivity contribution in [2.24, 2.45) is 0 Å². The van der Waals surface area contributed by atoms with Crippen molar-refractivity contribution >= 4 is 0 Å². The highest BCUT2D eigenvalue weighted by Crippen LogP contribution is 2.43. The molecular formula is C14H19ClNO3-. The second-order valence-electron chi connectivity index (χ2n) is 4.75. The molecule has 0 aromatic heterocycles. The van der Waals surface area contributed by atoms with Gasteiger partial charge in [-0.2, -0.15) is 0 Å². The van der Waals surface area contributed by atoms with Crippen LogP contribution >= 0.6 is 0 Å². The largest absolute Gasteiger partial charge is 1.00 e. The Hall–Kier alpha value is -0.970. The lowest BCUT2D eigenvalue weighted by Gasteiger charge is -2.38. The Morgan fingerprint density at radius 1 is 1.21 bits per heavy atom. The zero-order valence-corrected chi connectivity index (χ0v) is 12.0. The van der Waals surface area contributed by atoms with Gasteiger partial charge < -0.3 is 31.9 Å². The molecule has 1 saturated heterocycles. The van der Waals surface area contributed by atoms with Gasteiger partial charge in [-0.1, -0.05) is 0 Å². The number of nitrogens with one attached hydrogen (secondary N) is 1. The van der Waals surface area contributed by atoms with E-state index in [1.54, 1.807) is 14.2 Å². The third-order valence-corrected chi connectivity index (χ3v) is 3.88. The Morgan fingerprint density at radius 3 is 2.68 bits per heavy atom. The molecule has 1 N–H and O–H groups in total. The third-order valence-electron chi connectivity index (χ3n) is 3.88. The van der Waals surface area contributed by atoms with Gasteiger partial charge in [-0.25, -0.2) is 0 Å². The van der Waals surface area contributed by atoms with E-state index in [0.29, 0.717) is 6.04 Å². The minimum atomic E-state index is 0. The number of hydrogen-bond acceptors (Lipinski definition) is 4. The zero-order valence-electron chi connectivity index (χ0n) is 11.2. The van der Waals surface area contributed by atoms with Gasteiger partial charge in [0.15, 0.2) is 0 Å². The number of ether oxygens (including phenoxy) is 3. The van der Waals surface area contributed by atoms with Crippen LogP contribution in [0.15, 0.2) is 12.1 Å². The Labute approximate surface area is 119 Å². The van der Waals surface area contributed by atoms with Crippen LogP contribution in [0.3, 0.4) is 0 Å². The van der Waals surface area contributed by atoms with Gasteiger partial charge in [0.05, 0.1) is 20.8 Å². The van der Waals surface area contributed by atoms with Gasteiger partial charge in [0, 0.05) is 23.7 Å². The highest BCUT2D eigenvalue weighted by molar-refractivity contribution is 5.52. The molecule has 1 heterocycles. The zero-order chi connectivity index (χ0) is 12.5. The molecule has 0 radical (unpaired) electrons. The molecule has 19 heavy (non-hydrogen) atoms. The maximum atomic E-state index is 5.95. The normalized spacial score (nSPS) is 24.7. The van der Waals surface area contributed by atoms with Gasteiger partial charge in [-0.05, 0) is 25.0 Å². The molecular weight excluding hydrogens is 266 g/mol. The van der Waals surface area contributed by atoms with E-state index < -0.39 is 0 Å². The van der Waals surface area contributed by atoms with Gasteiger partial charge in [0.2, 0.25) is 0 Å². The van der Waals surface area contributed by atoms with Crippen molar-refractivity contribution in [3.8, 4) is 11.5 Å². The molecule has 1 aromatic carbocycles. The second kappa shape index (κ2) is 5.99. The maximum Gasteiger partial charge on any atom is 0.125 e. The topological polar surface area (TPSA) is 39.7 Å². The fourth-order valence-electron chi connectivity index (χ4n) is 3.05. The Kier molecular flexibility index (Phi) is 4.55. The van der Waals surface area contributed by atoms with E-state index in [1.165, 1.54) is 11.1 Å². The van der Waals surface area contributed by atoms with Crippen molar-refractivity contribution in [3.05, 3.63) is 23.3 Å². The number of halogens is 1. The summed E-state index contributed by atoms with van der Waals surface area (Å²) in [6, 6.07) is 4.35. The molecule has 1 aromatic rings. The SMILES string of the molecule is COc1ccc(OC)c2c1CCC1NCCOC21.[Cl-]. The summed E-state index contributed by atoms with van der Waals surface area (Å²) in [6.45, 7) is 1.68. The maximum absolute atomic E-state index is 5.95. The van der Waals surface area contributed by atoms with Crippen LogP contribution < -0.4 is 27.2 Å². The van der Waals surface area contributed by atoms with E-state index in [2.05, 4.69) is 5.32 Å². The summed E-state index contributed by atoms with van der Waals surface area (Å²) in [4.78, 5) is 0. The highest BCUT2D eigenvalue weighted by atomic mass is 35.5. The van der Waals surface area contributed by atoms with Crippen molar-refractivity contribution < 1.29 is 26.6 Å². The first-order chi connectivity index (χ1) is 8.85. The van der Waals surface area contributed by atoms with E-state index >= 15 is 0 Å². The number of fused-ring (bicyclic) bond motifs is 3. The average Bonchev–Trinajstić information content (AvgIpc) is 2.45. The van der Waals surface area contributed by atoms with E-state index in [4.69, 9.17) is 14.2 Å². The van der Waals surface area contributed by atoms with Crippen LogP contribution in [0, 0.1) is 0 Å². The predicted octanol–water partition coefficient (Wildman–Crippen LogP) is -1.32. The molecule has 2 atom stereocenters. The molecule has 3 rings (SSSR count). The van der Waals surface area contributed by atoms with Crippen LogP contribution in [-0.4, -0.2) is 33.4 Å². The second-order valence-corrected chi connectivity index (χ2v) is 4.75. The quantitative estimate of drug-likeness (QED) is 0.732. The van der Waals surface area contributed by atoms with Gasteiger partial charge >= 0.3 is 0 Å². The minimum absolute atomic E-state index is 0. The summed E-state index contributed by atoms with van der Waals surface area (Å²) in [6.07, 6.45) is 2.18. The van der Waals surface area contributed by atoms with E-state index in [1.807, 2.05) is 12.1 Å². The van der Waals surface area contributed by atoms with Crippen molar-refractivity contribution in [3.63, 3.8) is 0 Å².